The topological polar surface area (TPSA) is 9.86 Å². The van der Waals surface area contributed by atoms with E-state index in [1.807, 2.05) is 0 Å². The third kappa shape index (κ3) is 1.87. The van der Waals surface area contributed by atoms with Gasteiger partial charge in [0.25, 0.3) is 0 Å². The second kappa shape index (κ2) is 5.49. The average Bonchev–Trinajstić information content (AvgIpc) is 3.23. The lowest BCUT2D eigenvalue weighted by Crippen LogP contribution is -1.99. The summed E-state index contributed by atoms with van der Waals surface area (Å²) in [5, 5.41) is 5.22. The summed E-state index contributed by atoms with van der Waals surface area (Å²) in [4.78, 5) is 0. The lowest BCUT2D eigenvalue weighted by molar-refractivity contribution is 1.00. The van der Waals surface area contributed by atoms with Crippen LogP contribution >= 0.6 is 0 Å². The van der Waals surface area contributed by atoms with Gasteiger partial charge in [0.05, 0.1) is 22.2 Å². The highest BCUT2D eigenvalue weighted by molar-refractivity contribution is 6.14. The van der Waals surface area contributed by atoms with Crippen LogP contribution in [0.1, 0.15) is 5.56 Å². The molecule has 0 fully saturated rings. The minimum Gasteiger partial charge on any atom is -0.342 e. The van der Waals surface area contributed by atoms with E-state index in [1.165, 1.54) is 54.9 Å². The lowest BCUT2D eigenvalue weighted by atomic mass is 10.1. The molecule has 2 heteroatoms. The maximum absolute atomic E-state index is 2.45. The van der Waals surface area contributed by atoms with Crippen LogP contribution in [0.25, 0.3) is 49.3 Å². The summed E-state index contributed by atoms with van der Waals surface area (Å²) < 4.78 is 4.78. The van der Waals surface area contributed by atoms with Crippen molar-refractivity contribution >= 4 is 43.6 Å². The average molecular weight is 360 g/mol. The zero-order chi connectivity index (χ0) is 18.8. The first-order valence-electron chi connectivity index (χ1n) is 9.71. The van der Waals surface area contributed by atoms with Gasteiger partial charge in [-0.05, 0) is 30.7 Å². The lowest BCUT2D eigenvalue weighted by Gasteiger charge is -2.12. The molecule has 28 heavy (non-hydrogen) atoms. The Kier molecular flexibility index (Phi) is 3.05. The minimum absolute atomic E-state index is 1.23. The molecular formula is C26H20N2. The van der Waals surface area contributed by atoms with Crippen molar-refractivity contribution in [3.05, 3.63) is 90.5 Å². The molecule has 134 valence electrons. The first kappa shape index (κ1) is 15.5. The van der Waals surface area contributed by atoms with E-state index in [-0.39, 0.29) is 0 Å². The Hall–Kier alpha value is -3.52. The van der Waals surface area contributed by atoms with Crippen molar-refractivity contribution in [3.8, 4) is 5.69 Å². The Morgan fingerprint density at radius 3 is 1.89 bits per heavy atom. The van der Waals surface area contributed by atoms with Crippen LogP contribution in [0.3, 0.4) is 0 Å². The van der Waals surface area contributed by atoms with Gasteiger partial charge in [0.15, 0.2) is 0 Å². The molecule has 0 amide bonds. The third-order valence-electron chi connectivity index (χ3n) is 6.04. The van der Waals surface area contributed by atoms with Gasteiger partial charge in [-0.15, -0.1) is 0 Å². The van der Waals surface area contributed by atoms with Gasteiger partial charge >= 0.3 is 0 Å². The van der Waals surface area contributed by atoms with Crippen molar-refractivity contribution in [2.24, 2.45) is 7.05 Å². The number of hydrogen-bond acceptors (Lipinski definition) is 0. The molecular weight excluding hydrogens is 340 g/mol. The summed E-state index contributed by atoms with van der Waals surface area (Å²) in [5.74, 6) is 0. The molecule has 0 saturated heterocycles. The van der Waals surface area contributed by atoms with Crippen molar-refractivity contribution in [3.63, 3.8) is 0 Å². The number of para-hydroxylation sites is 4. The standard InChI is InChI=1S/C26H20N2/c1-17-9-7-12-20-19-11-4-6-15-23(19)28(25(17)20)24-16-8-13-21-18-10-3-5-14-22(18)27(2)26(21)24/h3-16H,1-2H3. The van der Waals surface area contributed by atoms with E-state index in [0.29, 0.717) is 0 Å². The summed E-state index contributed by atoms with van der Waals surface area (Å²) in [6.07, 6.45) is 0. The third-order valence-corrected chi connectivity index (χ3v) is 6.04. The highest BCUT2D eigenvalue weighted by Gasteiger charge is 2.18. The number of fused-ring (bicyclic) bond motifs is 6. The largest absolute Gasteiger partial charge is 0.342 e. The fourth-order valence-electron chi connectivity index (χ4n) is 4.84. The maximum atomic E-state index is 2.45. The second-order valence-electron chi connectivity index (χ2n) is 7.57. The Labute approximate surface area is 163 Å². The van der Waals surface area contributed by atoms with Crippen LogP contribution in [0.2, 0.25) is 0 Å². The van der Waals surface area contributed by atoms with Crippen LogP contribution in [0.4, 0.5) is 0 Å². The Morgan fingerprint density at radius 1 is 0.536 bits per heavy atom. The molecule has 6 rings (SSSR count). The van der Waals surface area contributed by atoms with E-state index < -0.39 is 0 Å². The van der Waals surface area contributed by atoms with Gasteiger partial charge in [-0.2, -0.15) is 0 Å². The predicted molar refractivity (Wildman–Crippen MR) is 120 cm³/mol. The number of hydrogen-bond donors (Lipinski definition) is 0. The predicted octanol–water partition coefficient (Wildman–Crippen LogP) is 6.74. The van der Waals surface area contributed by atoms with E-state index in [1.54, 1.807) is 0 Å². The summed E-state index contributed by atoms with van der Waals surface area (Å²) >= 11 is 0. The van der Waals surface area contributed by atoms with Gasteiger partial charge in [0, 0.05) is 34.1 Å². The van der Waals surface area contributed by atoms with E-state index in [0.717, 1.165) is 0 Å². The van der Waals surface area contributed by atoms with Crippen molar-refractivity contribution < 1.29 is 0 Å². The second-order valence-corrected chi connectivity index (χ2v) is 7.57. The van der Waals surface area contributed by atoms with Gasteiger partial charge in [-0.3, -0.25) is 0 Å². The molecule has 0 N–H and O–H groups in total. The number of aromatic nitrogens is 2. The minimum atomic E-state index is 1.23. The Bertz CT molecular complexity index is 1530. The molecule has 0 unspecified atom stereocenters. The first-order valence-corrected chi connectivity index (χ1v) is 9.71. The van der Waals surface area contributed by atoms with Crippen molar-refractivity contribution in [1.29, 1.82) is 0 Å². The Balaban J connectivity index is 1.89. The van der Waals surface area contributed by atoms with Crippen LogP contribution in [0, 0.1) is 6.92 Å². The summed E-state index contributed by atoms with van der Waals surface area (Å²) in [5.41, 5.74) is 7.62. The van der Waals surface area contributed by atoms with E-state index in [4.69, 9.17) is 0 Å². The molecule has 0 atom stereocenters. The van der Waals surface area contributed by atoms with E-state index in [9.17, 15) is 0 Å². The van der Waals surface area contributed by atoms with Crippen LogP contribution in [0.5, 0.6) is 0 Å². The molecule has 0 bridgehead atoms. The molecule has 0 aliphatic rings. The Morgan fingerprint density at radius 2 is 1.11 bits per heavy atom. The molecule has 0 aliphatic carbocycles. The normalized spacial score (nSPS) is 11.9. The number of rotatable bonds is 1. The molecule has 6 aromatic rings. The molecule has 0 radical (unpaired) electrons. The van der Waals surface area contributed by atoms with Gasteiger partial charge in [-0.1, -0.05) is 66.7 Å². The molecule has 0 spiro atoms. The van der Waals surface area contributed by atoms with E-state index in [2.05, 4.69) is 108 Å². The smallest absolute Gasteiger partial charge is 0.0733 e. The zero-order valence-electron chi connectivity index (χ0n) is 16.0. The molecule has 2 aromatic heterocycles. The van der Waals surface area contributed by atoms with Crippen LogP contribution in [-0.2, 0) is 7.05 Å². The zero-order valence-corrected chi connectivity index (χ0v) is 16.0. The van der Waals surface area contributed by atoms with Crippen molar-refractivity contribution in [2.75, 3.05) is 0 Å². The molecule has 4 aromatic carbocycles. The maximum Gasteiger partial charge on any atom is 0.0733 e. The SMILES string of the molecule is Cc1cccc2c3ccccc3n(-c3cccc4c5ccccc5n(C)c34)c12. The van der Waals surface area contributed by atoms with Crippen molar-refractivity contribution in [1.82, 2.24) is 9.13 Å². The van der Waals surface area contributed by atoms with Gasteiger partial charge in [0.1, 0.15) is 0 Å². The summed E-state index contributed by atoms with van der Waals surface area (Å²) in [7, 11) is 2.18. The molecule has 0 aliphatic heterocycles. The van der Waals surface area contributed by atoms with Crippen LogP contribution < -0.4 is 0 Å². The van der Waals surface area contributed by atoms with Gasteiger partial charge < -0.3 is 9.13 Å². The van der Waals surface area contributed by atoms with Crippen LogP contribution in [-0.4, -0.2) is 9.13 Å². The number of aryl methyl sites for hydroxylation is 2. The summed E-state index contributed by atoms with van der Waals surface area (Å²) in [6.45, 7) is 2.21. The quantitative estimate of drug-likeness (QED) is 0.307. The molecule has 0 saturated carbocycles. The van der Waals surface area contributed by atoms with Gasteiger partial charge in [-0.25, -0.2) is 0 Å². The summed E-state index contributed by atoms with van der Waals surface area (Å²) in [6, 6.07) is 30.7. The fraction of sp³-hybridized carbons (Fsp3) is 0.0769. The number of benzene rings is 4. The van der Waals surface area contributed by atoms with Crippen LogP contribution in [0.15, 0.2) is 84.9 Å². The molecule has 2 heterocycles. The highest BCUT2D eigenvalue weighted by atomic mass is 15.0. The van der Waals surface area contributed by atoms with Crippen molar-refractivity contribution in [2.45, 2.75) is 6.92 Å². The monoisotopic (exact) mass is 360 g/mol. The first-order chi connectivity index (χ1) is 13.8. The molecule has 2 nitrogen and oxygen atoms in total. The number of nitrogens with zero attached hydrogens (tertiary/aromatic N) is 2. The fourth-order valence-corrected chi connectivity index (χ4v) is 4.84. The highest BCUT2D eigenvalue weighted by Crippen LogP contribution is 2.38. The van der Waals surface area contributed by atoms with E-state index >= 15 is 0 Å². The van der Waals surface area contributed by atoms with Gasteiger partial charge in [0.2, 0.25) is 0 Å².